The second-order valence-corrected chi connectivity index (χ2v) is 6.02. The number of hydrogen-bond acceptors (Lipinski definition) is 5. The summed E-state index contributed by atoms with van der Waals surface area (Å²) in [5, 5.41) is 19.7. The molecule has 2 N–H and O–H groups in total. The first-order chi connectivity index (χ1) is 11.1. The summed E-state index contributed by atoms with van der Waals surface area (Å²) < 4.78 is 5.28. The molecule has 0 spiro atoms. The van der Waals surface area contributed by atoms with E-state index in [9.17, 15) is 15.0 Å². The Kier molecular flexibility index (Phi) is 4.79. The standard InChI is InChI=1S/C18H21NO4/c20-16(13-5-2-1-3-6-13)9-14-7-4-8-19(14)11-15-10-17(21)18(22)12-23-15/h1-3,5-6,10,12,14,16,20,22H,4,7-9,11H2. The van der Waals surface area contributed by atoms with E-state index in [1.165, 1.54) is 6.07 Å². The second kappa shape index (κ2) is 6.98. The van der Waals surface area contributed by atoms with Gasteiger partial charge in [-0.15, -0.1) is 0 Å². The van der Waals surface area contributed by atoms with Gasteiger partial charge in [-0.2, -0.15) is 0 Å². The molecule has 2 unspecified atom stereocenters. The largest absolute Gasteiger partial charge is 0.502 e. The van der Waals surface area contributed by atoms with Crippen LogP contribution in [0.4, 0.5) is 0 Å². The molecule has 0 aliphatic carbocycles. The maximum atomic E-state index is 11.5. The van der Waals surface area contributed by atoms with E-state index in [0.717, 1.165) is 31.2 Å². The fourth-order valence-electron chi connectivity index (χ4n) is 3.17. The first kappa shape index (κ1) is 15.8. The molecule has 1 aliphatic rings. The molecule has 5 heteroatoms. The van der Waals surface area contributed by atoms with E-state index in [-0.39, 0.29) is 11.8 Å². The van der Waals surface area contributed by atoms with E-state index in [1.54, 1.807) is 0 Å². The summed E-state index contributed by atoms with van der Waals surface area (Å²) in [6, 6.07) is 11.2. The van der Waals surface area contributed by atoms with Crippen molar-refractivity contribution in [1.29, 1.82) is 0 Å². The highest BCUT2D eigenvalue weighted by Gasteiger charge is 2.27. The summed E-state index contributed by atoms with van der Waals surface area (Å²) in [7, 11) is 0. The predicted molar refractivity (Wildman–Crippen MR) is 86.1 cm³/mol. The monoisotopic (exact) mass is 315 g/mol. The molecule has 0 radical (unpaired) electrons. The summed E-state index contributed by atoms with van der Waals surface area (Å²) in [4.78, 5) is 13.7. The summed E-state index contributed by atoms with van der Waals surface area (Å²) >= 11 is 0. The average molecular weight is 315 g/mol. The van der Waals surface area contributed by atoms with E-state index in [1.807, 2.05) is 30.3 Å². The zero-order valence-corrected chi connectivity index (χ0v) is 12.9. The molecule has 1 saturated heterocycles. The Bertz CT molecular complexity index is 698. The van der Waals surface area contributed by atoms with E-state index in [4.69, 9.17) is 4.42 Å². The molecule has 1 aromatic heterocycles. The van der Waals surface area contributed by atoms with Crippen molar-refractivity contribution in [3.05, 3.63) is 64.2 Å². The third-order valence-electron chi connectivity index (χ3n) is 4.40. The van der Waals surface area contributed by atoms with Crippen LogP contribution in [0.25, 0.3) is 0 Å². The number of aromatic hydroxyl groups is 1. The van der Waals surface area contributed by atoms with E-state index < -0.39 is 11.5 Å². The van der Waals surface area contributed by atoms with Crippen molar-refractivity contribution in [1.82, 2.24) is 4.90 Å². The van der Waals surface area contributed by atoms with Gasteiger partial charge in [0.05, 0.1) is 12.6 Å². The summed E-state index contributed by atoms with van der Waals surface area (Å²) in [5.74, 6) is 0.167. The van der Waals surface area contributed by atoms with Gasteiger partial charge in [0.25, 0.3) is 0 Å². The number of hydrogen-bond donors (Lipinski definition) is 2. The van der Waals surface area contributed by atoms with E-state index >= 15 is 0 Å². The van der Waals surface area contributed by atoms with E-state index in [2.05, 4.69) is 4.90 Å². The summed E-state index contributed by atoms with van der Waals surface area (Å²) in [5.41, 5.74) is 0.502. The Morgan fingerprint density at radius 1 is 1.30 bits per heavy atom. The SMILES string of the molecule is O=c1cc(CN2CCCC2CC(O)c2ccccc2)occ1O. The van der Waals surface area contributed by atoms with Crippen LogP contribution >= 0.6 is 0 Å². The lowest BCUT2D eigenvalue weighted by Crippen LogP contribution is -2.30. The molecule has 2 heterocycles. The average Bonchev–Trinajstić information content (AvgIpc) is 2.98. The van der Waals surface area contributed by atoms with Crippen molar-refractivity contribution >= 4 is 0 Å². The highest BCUT2D eigenvalue weighted by Crippen LogP contribution is 2.28. The Morgan fingerprint density at radius 2 is 2.09 bits per heavy atom. The third-order valence-corrected chi connectivity index (χ3v) is 4.40. The first-order valence-corrected chi connectivity index (χ1v) is 7.91. The fourth-order valence-corrected chi connectivity index (χ4v) is 3.17. The molecular weight excluding hydrogens is 294 g/mol. The predicted octanol–water partition coefficient (Wildman–Crippen LogP) is 2.43. The molecule has 0 saturated carbocycles. The zero-order valence-electron chi connectivity index (χ0n) is 12.9. The molecule has 122 valence electrons. The van der Waals surface area contributed by atoms with Crippen LogP contribution in [0.3, 0.4) is 0 Å². The number of nitrogens with zero attached hydrogens (tertiary/aromatic N) is 1. The molecule has 5 nitrogen and oxygen atoms in total. The minimum absolute atomic E-state index is 0.254. The lowest BCUT2D eigenvalue weighted by molar-refractivity contribution is 0.114. The normalized spacial score (nSPS) is 19.8. The highest BCUT2D eigenvalue weighted by atomic mass is 16.4. The van der Waals surface area contributed by atoms with Crippen molar-refractivity contribution < 1.29 is 14.6 Å². The van der Waals surface area contributed by atoms with Crippen LogP contribution in [0.1, 0.15) is 36.7 Å². The minimum Gasteiger partial charge on any atom is -0.502 e. The van der Waals surface area contributed by atoms with Crippen molar-refractivity contribution in [2.45, 2.75) is 38.0 Å². The quantitative estimate of drug-likeness (QED) is 0.886. The molecule has 0 amide bonds. The topological polar surface area (TPSA) is 73.9 Å². The van der Waals surface area contributed by atoms with Gasteiger partial charge >= 0.3 is 0 Å². The molecule has 0 bridgehead atoms. The van der Waals surface area contributed by atoms with Gasteiger partial charge in [-0.3, -0.25) is 9.69 Å². The second-order valence-electron chi connectivity index (χ2n) is 6.02. The molecular formula is C18H21NO4. The van der Waals surface area contributed by atoms with Gasteiger partial charge in [-0.05, 0) is 31.4 Å². The minimum atomic E-state index is -0.492. The molecule has 1 aromatic carbocycles. The summed E-state index contributed by atoms with van der Waals surface area (Å²) in [6.45, 7) is 1.43. The van der Waals surface area contributed by atoms with Crippen molar-refractivity contribution in [3.8, 4) is 5.75 Å². The lowest BCUT2D eigenvalue weighted by Gasteiger charge is -2.26. The molecule has 1 fully saturated rings. The molecule has 1 aliphatic heterocycles. The van der Waals surface area contributed by atoms with Gasteiger partial charge in [0.1, 0.15) is 12.0 Å². The lowest BCUT2D eigenvalue weighted by atomic mass is 10.0. The Labute approximate surface area is 134 Å². The van der Waals surface area contributed by atoms with Gasteiger partial charge in [-0.25, -0.2) is 0 Å². The van der Waals surface area contributed by atoms with Gasteiger partial charge in [0.15, 0.2) is 5.75 Å². The van der Waals surface area contributed by atoms with Crippen LogP contribution < -0.4 is 5.43 Å². The Hall–Kier alpha value is -2.11. The van der Waals surface area contributed by atoms with Crippen LogP contribution in [0.2, 0.25) is 0 Å². The molecule has 2 aromatic rings. The number of aliphatic hydroxyl groups is 1. The van der Waals surface area contributed by atoms with Crippen LogP contribution in [-0.2, 0) is 6.54 Å². The van der Waals surface area contributed by atoms with Crippen molar-refractivity contribution in [3.63, 3.8) is 0 Å². The van der Waals surface area contributed by atoms with Gasteiger partial charge in [0.2, 0.25) is 5.43 Å². The van der Waals surface area contributed by atoms with Gasteiger partial charge in [0, 0.05) is 12.1 Å². The molecule has 2 atom stereocenters. The highest BCUT2D eigenvalue weighted by molar-refractivity contribution is 5.18. The van der Waals surface area contributed by atoms with E-state index in [0.29, 0.717) is 18.7 Å². The zero-order chi connectivity index (χ0) is 16.2. The van der Waals surface area contributed by atoms with Crippen molar-refractivity contribution in [2.75, 3.05) is 6.54 Å². The number of aliphatic hydroxyl groups excluding tert-OH is 1. The Morgan fingerprint density at radius 3 is 2.83 bits per heavy atom. The number of likely N-dealkylation sites (tertiary alicyclic amines) is 1. The number of rotatable bonds is 5. The van der Waals surface area contributed by atoms with Crippen LogP contribution in [-0.4, -0.2) is 27.7 Å². The smallest absolute Gasteiger partial charge is 0.226 e. The van der Waals surface area contributed by atoms with Crippen molar-refractivity contribution in [2.24, 2.45) is 0 Å². The fraction of sp³-hybridized carbons (Fsp3) is 0.389. The van der Waals surface area contributed by atoms with Gasteiger partial charge < -0.3 is 14.6 Å². The molecule has 23 heavy (non-hydrogen) atoms. The van der Waals surface area contributed by atoms with Gasteiger partial charge in [-0.1, -0.05) is 30.3 Å². The maximum absolute atomic E-state index is 11.5. The first-order valence-electron chi connectivity index (χ1n) is 7.91. The summed E-state index contributed by atoms with van der Waals surface area (Å²) in [6.07, 6.45) is 3.34. The molecule has 3 rings (SSSR count). The third kappa shape index (κ3) is 3.81. The van der Waals surface area contributed by atoms with Crippen LogP contribution in [0.15, 0.2) is 51.9 Å². The number of benzene rings is 1. The van der Waals surface area contributed by atoms with Crippen LogP contribution in [0, 0.1) is 0 Å². The Balaban J connectivity index is 1.65. The maximum Gasteiger partial charge on any atom is 0.226 e. The van der Waals surface area contributed by atoms with Crippen LogP contribution in [0.5, 0.6) is 5.75 Å².